The minimum Gasteiger partial charge on any atom is -0.383 e. The second-order valence-electron chi connectivity index (χ2n) is 6.25. The molecule has 104 valence electrons. The zero-order valence-electron chi connectivity index (χ0n) is 12.5. The molecule has 0 unspecified atom stereocenters. The molecule has 0 heterocycles. The predicted octanol–water partition coefficient (Wildman–Crippen LogP) is 3.09. The maximum Gasteiger partial charge on any atom is 0.166 e. The number of nitriles is 1. The van der Waals surface area contributed by atoms with E-state index in [1.807, 2.05) is 63.3 Å². The quantitative estimate of drug-likeness (QED) is 0.774. The van der Waals surface area contributed by atoms with E-state index in [0.29, 0.717) is 5.56 Å². The highest BCUT2D eigenvalue weighted by atomic mass is 16.1. The van der Waals surface area contributed by atoms with Gasteiger partial charge in [-0.25, -0.2) is 0 Å². The highest BCUT2D eigenvalue weighted by Crippen LogP contribution is 2.47. The van der Waals surface area contributed by atoms with Crippen molar-refractivity contribution in [3.63, 3.8) is 0 Å². The van der Waals surface area contributed by atoms with Gasteiger partial charge in [0.2, 0.25) is 0 Å². The van der Waals surface area contributed by atoms with Crippen LogP contribution in [-0.4, -0.2) is 24.8 Å². The molecule has 1 aromatic rings. The van der Waals surface area contributed by atoms with Crippen LogP contribution in [0.15, 0.2) is 36.0 Å². The summed E-state index contributed by atoms with van der Waals surface area (Å²) in [6.07, 6.45) is 2.75. The number of rotatable bonds is 2. The normalized spacial score (nSPS) is 22.9. The van der Waals surface area contributed by atoms with E-state index in [9.17, 15) is 4.79 Å². The van der Waals surface area contributed by atoms with E-state index in [4.69, 9.17) is 5.26 Å². The summed E-state index contributed by atoms with van der Waals surface area (Å²) in [6.45, 7) is 4.00. The predicted molar refractivity (Wildman–Crippen MR) is 79.1 cm³/mol. The lowest BCUT2D eigenvalue weighted by atomic mass is 9.88. The number of nitrogens with zero attached hydrogens (tertiary/aromatic N) is 2. The lowest BCUT2D eigenvalue weighted by Gasteiger charge is -2.15. The molecule has 0 aliphatic heterocycles. The van der Waals surface area contributed by atoms with E-state index in [-0.39, 0.29) is 17.1 Å². The van der Waals surface area contributed by atoms with E-state index in [1.54, 1.807) is 0 Å². The average molecular weight is 268 g/mol. The molecular formula is C17H20N2O. The summed E-state index contributed by atoms with van der Waals surface area (Å²) in [4.78, 5) is 14.4. The van der Waals surface area contributed by atoms with Gasteiger partial charge < -0.3 is 4.90 Å². The van der Waals surface area contributed by atoms with Gasteiger partial charge in [-0.05, 0) is 24.1 Å². The van der Waals surface area contributed by atoms with E-state index in [0.717, 1.165) is 17.6 Å². The molecule has 0 spiro atoms. The van der Waals surface area contributed by atoms with Crippen molar-refractivity contribution in [1.29, 1.82) is 5.26 Å². The van der Waals surface area contributed by atoms with Gasteiger partial charge in [-0.3, -0.25) is 4.79 Å². The highest BCUT2D eigenvalue weighted by Gasteiger charge is 2.43. The van der Waals surface area contributed by atoms with E-state index in [1.165, 1.54) is 0 Å². The first-order valence-electron chi connectivity index (χ1n) is 6.78. The van der Waals surface area contributed by atoms with Crippen LogP contribution >= 0.6 is 0 Å². The Morgan fingerprint density at radius 1 is 1.30 bits per heavy atom. The third-order valence-corrected chi connectivity index (χ3v) is 3.81. The van der Waals surface area contributed by atoms with Crippen molar-refractivity contribution in [3.8, 4) is 6.07 Å². The van der Waals surface area contributed by atoms with Gasteiger partial charge in [0.15, 0.2) is 5.78 Å². The first kappa shape index (κ1) is 14.3. The number of hydrogen-bond acceptors (Lipinski definition) is 3. The minimum atomic E-state index is -0.319. The lowest BCUT2D eigenvalue weighted by molar-refractivity contribution is -0.121. The summed E-state index contributed by atoms with van der Waals surface area (Å²) in [5.74, 6) is 0.341. The molecule has 2 rings (SSSR count). The Bertz CT molecular complexity index is 588. The van der Waals surface area contributed by atoms with Crippen LogP contribution < -0.4 is 0 Å². The lowest BCUT2D eigenvalue weighted by Crippen LogP contribution is -2.18. The minimum absolute atomic E-state index is 0.118. The van der Waals surface area contributed by atoms with Crippen molar-refractivity contribution in [2.75, 3.05) is 14.1 Å². The largest absolute Gasteiger partial charge is 0.383 e. The Hall–Kier alpha value is -2.08. The first-order chi connectivity index (χ1) is 9.35. The van der Waals surface area contributed by atoms with Gasteiger partial charge in [-0.2, -0.15) is 5.26 Å². The summed E-state index contributed by atoms with van der Waals surface area (Å²) < 4.78 is 0. The molecule has 0 aromatic heterocycles. The molecule has 1 aliphatic carbocycles. The van der Waals surface area contributed by atoms with Crippen molar-refractivity contribution >= 4 is 5.78 Å². The van der Waals surface area contributed by atoms with Crippen LogP contribution in [0.3, 0.4) is 0 Å². The summed E-state index contributed by atoms with van der Waals surface area (Å²) in [5, 5.41) is 8.87. The van der Waals surface area contributed by atoms with Crippen LogP contribution in [0, 0.1) is 16.7 Å². The number of benzene rings is 1. The molecule has 20 heavy (non-hydrogen) atoms. The molecule has 1 atom stereocenters. The molecule has 1 aliphatic rings. The van der Waals surface area contributed by atoms with Gasteiger partial charge in [-0.1, -0.05) is 26.0 Å². The molecule has 0 radical (unpaired) electrons. The summed E-state index contributed by atoms with van der Waals surface area (Å²) in [5.41, 5.74) is 2.30. The van der Waals surface area contributed by atoms with Crippen LogP contribution in [0.2, 0.25) is 0 Å². The summed E-state index contributed by atoms with van der Waals surface area (Å²) in [6, 6.07) is 9.68. The van der Waals surface area contributed by atoms with Crippen molar-refractivity contribution in [2.45, 2.75) is 26.2 Å². The fraction of sp³-hybridized carbons (Fsp3) is 0.412. The Kier molecular flexibility index (Phi) is 3.67. The fourth-order valence-electron chi connectivity index (χ4n) is 2.78. The Labute approximate surface area is 120 Å². The van der Waals surface area contributed by atoms with Crippen LogP contribution in [0.25, 0.3) is 0 Å². The molecule has 1 fully saturated rings. The molecule has 0 amide bonds. The molecular weight excluding hydrogens is 248 g/mol. The molecule has 0 saturated heterocycles. The third-order valence-electron chi connectivity index (χ3n) is 3.81. The van der Waals surface area contributed by atoms with Gasteiger partial charge in [0.1, 0.15) is 0 Å². The van der Waals surface area contributed by atoms with Crippen molar-refractivity contribution in [1.82, 2.24) is 4.90 Å². The number of allylic oxidation sites excluding steroid dienone is 1. The Morgan fingerprint density at radius 2 is 1.90 bits per heavy atom. The number of carbonyl (C=O) groups excluding carboxylic acids is 1. The maximum absolute atomic E-state index is 12.5. The second kappa shape index (κ2) is 5.13. The molecule has 1 aromatic carbocycles. The van der Waals surface area contributed by atoms with Crippen LogP contribution in [0.4, 0.5) is 0 Å². The molecule has 0 N–H and O–H groups in total. The number of Topliss-reactive ketones (excluding diaryl/α,β-unsaturated/α-hetero) is 1. The Balaban J connectivity index is 2.43. The number of hydrogen-bond donors (Lipinski definition) is 0. The molecule has 1 saturated carbocycles. The van der Waals surface area contributed by atoms with Gasteiger partial charge in [0.25, 0.3) is 0 Å². The summed E-state index contributed by atoms with van der Waals surface area (Å²) in [7, 11) is 3.86. The second-order valence-corrected chi connectivity index (χ2v) is 6.25. The van der Waals surface area contributed by atoms with Crippen LogP contribution in [0.5, 0.6) is 0 Å². The number of ketones is 1. The van der Waals surface area contributed by atoms with Crippen molar-refractivity contribution in [2.24, 2.45) is 5.41 Å². The maximum atomic E-state index is 12.5. The van der Waals surface area contributed by atoms with E-state index < -0.39 is 0 Å². The van der Waals surface area contributed by atoms with E-state index in [2.05, 4.69) is 6.07 Å². The standard InChI is InChI=1S/C17H20N2O/c1-17(2)9-14(15(16(17)20)11-19(3)4)13-7-5-12(10-18)6-8-13/h5-8,11,14H,9H2,1-4H3/b15-11-/t14-/m0/s1. The van der Waals surface area contributed by atoms with Crippen LogP contribution in [0.1, 0.15) is 37.3 Å². The fourth-order valence-corrected chi connectivity index (χ4v) is 2.78. The van der Waals surface area contributed by atoms with E-state index >= 15 is 0 Å². The van der Waals surface area contributed by atoms with Crippen molar-refractivity contribution in [3.05, 3.63) is 47.2 Å². The SMILES string of the molecule is CN(C)/C=C1\C(=O)C(C)(C)C[C@H]1c1ccc(C#N)cc1. The zero-order chi connectivity index (χ0) is 14.9. The zero-order valence-corrected chi connectivity index (χ0v) is 12.5. The molecule has 0 bridgehead atoms. The highest BCUT2D eigenvalue weighted by molar-refractivity contribution is 6.03. The molecule has 3 heteroatoms. The van der Waals surface area contributed by atoms with Gasteiger partial charge in [0.05, 0.1) is 11.6 Å². The van der Waals surface area contributed by atoms with Crippen LogP contribution in [-0.2, 0) is 4.79 Å². The first-order valence-corrected chi connectivity index (χ1v) is 6.78. The molecule has 3 nitrogen and oxygen atoms in total. The Morgan fingerprint density at radius 3 is 2.40 bits per heavy atom. The smallest absolute Gasteiger partial charge is 0.166 e. The average Bonchev–Trinajstić information content (AvgIpc) is 2.62. The van der Waals surface area contributed by atoms with Gasteiger partial charge in [-0.15, -0.1) is 0 Å². The van der Waals surface area contributed by atoms with Gasteiger partial charge >= 0.3 is 0 Å². The van der Waals surface area contributed by atoms with Crippen molar-refractivity contribution < 1.29 is 4.79 Å². The summed E-state index contributed by atoms with van der Waals surface area (Å²) >= 11 is 0. The topological polar surface area (TPSA) is 44.1 Å². The van der Waals surface area contributed by atoms with Gasteiger partial charge in [0, 0.05) is 37.2 Å². The third kappa shape index (κ3) is 2.60. The number of carbonyl (C=O) groups is 1. The monoisotopic (exact) mass is 268 g/mol.